The number of nitrogens with one attached hydrogen (secondary N) is 1. The molecule has 2 aromatic heterocycles. The van der Waals surface area contributed by atoms with Gasteiger partial charge in [-0.25, -0.2) is 9.61 Å². The lowest BCUT2D eigenvalue weighted by Gasteiger charge is -2.18. The molecule has 0 aliphatic carbocycles. The fraction of sp³-hybridized carbons (Fsp3) is 0.292. The van der Waals surface area contributed by atoms with Gasteiger partial charge in [-0.2, -0.15) is 0 Å². The van der Waals surface area contributed by atoms with Crippen LogP contribution < -0.4 is 5.32 Å². The standard InChI is InChI=1S/C24H26N6O4/c1-15-20(28-34-27-15)13-29(2)24(32)18-11-17(25-22(31)10-16-8-6-5-7-9-16)12-19-23(18)30(3)21(26-19)14-33-4/h5-9,11-12H,10,13-14H2,1-4H3,(H,25,31). The molecule has 10 heteroatoms. The van der Waals surface area contributed by atoms with Crippen LogP contribution in [0.1, 0.15) is 33.1 Å². The van der Waals surface area contributed by atoms with Crippen molar-refractivity contribution in [2.75, 3.05) is 19.5 Å². The highest BCUT2D eigenvalue weighted by Crippen LogP contribution is 2.27. The van der Waals surface area contributed by atoms with E-state index in [0.29, 0.717) is 39.5 Å². The van der Waals surface area contributed by atoms with Crippen molar-refractivity contribution in [3.63, 3.8) is 0 Å². The summed E-state index contributed by atoms with van der Waals surface area (Å²) < 4.78 is 11.8. The van der Waals surface area contributed by atoms with Gasteiger partial charge >= 0.3 is 0 Å². The Bertz CT molecular complexity index is 1330. The number of hydrogen-bond acceptors (Lipinski definition) is 7. The lowest BCUT2D eigenvalue weighted by Crippen LogP contribution is -2.27. The van der Waals surface area contributed by atoms with Crippen molar-refractivity contribution in [2.24, 2.45) is 7.05 Å². The van der Waals surface area contributed by atoms with Gasteiger partial charge < -0.3 is 19.5 Å². The highest BCUT2D eigenvalue weighted by atomic mass is 16.6. The van der Waals surface area contributed by atoms with Gasteiger partial charge in [0.1, 0.15) is 23.8 Å². The quantitative estimate of drug-likeness (QED) is 0.428. The fourth-order valence-corrected chi connectivity index (χ4v) is 3.77. The van der Waals surface area contributed by atoms with Crippen molar-refractivity contribution in [1.29, 1.82) is 0 Å². The number of fused-ring (bicyclic) bond motifs is 1. The molecule has 4 aromatic rings. The number of benzene rings is 2. The van der Waals surface area contributed by atoms with Gasteiger partial charge in [0.25, 0.3) is 5.91 Å². The Hall–Kier alpha value is -4.05. The van der Waals surface area contributed by atoms with Crippen molar-refractivity contribution in [2.45, 2.75) is 26.5 Å². The van der Waals surface area contributed by atoms with Crippen molar-refractivity contribution >= 4 is 28.5 Å². The normalized spacial score (nSPS) is 11.1. The van der Waals surface area contributed by atoms with Gasteiger partial charge in [0, 0.05) is 26.9 Å². The molecule has 10 nitrogen and oxygen atoms in total. The van der Waals surface area contributed by atoms with Crippen LogP contribution in [0.25, 0.3) is 11.0 Å². The van der Waals surface area contributed by atoms with E-state index in [9.17, 15) is 9.59 Å². The average molecular weight is 463 g/mol. The highest BCUT2D eigenvalue weighted by Gasteiger charge is 2.23. The Morgan fingerprint density at radius 3 is 2.62 bits per heavy atom. The third-order valence-corrected chi connectivity index (χ3v) is 5.54. The number of anilines is 1. The molecule has 0 bridgehead atoms. The lowest BCUT2D eigenvalue weighted by atomic mass is 10.1. The highest BCUT2D eigenvalue weighted by molar-refractivity contribution is 6.07. The van der Waals surface area contributed by atoms with Gasteiger partial charge in [-0.15, -0.1) is 0 Å². The van der Waals surface area contributed by atoms with Crippen LogP contribution >= 0.6 is 0 Å². The van der Waals surface area contributed by atoms with Gasteiger partial charge in [-0.05, 0) is 24.6 Å². The van der Waals surface area contributed by atoms with Crippen LogP contribution in [-0.2, 0) is 36.2 Å². The van der Waals surface area contributed by atoms with Crippen molar-refractivity contribution in [3.8, 4) is 0 Å². The molecule has 0 saturated heterocycles. The Morgan fingerprint density at radius 2 is 1.94 bits per heavy atom. The molecule has 0 aliphatic heterocycles. The molecule has 0 saturated carbocycles. The van der Waals surface area contributed by atoms with E-state index in [-0.39, 0.29) is 31.4 Å². The third kappa shape index (κ3) is 4.81. The van der Waals surface area contributed by atoms with Crippen molar-refractivity contribution in [1.82, 2.24) is 24.8 Å². The van der Waals surface area contributed by atoms with Crippen LogP contribution in [0.4, 0.5) is 5.69 Å². The number of carbonyl (C=O) groups excluding carboxylic acids is 2. The molecule has 34 heavy (non-hydrogen) atoms. The van der Waals surface area contributed by atoms with E-state index in [1.807, 2.05) is 41.9 Å². The van der Waals surface area contributed by atoms with Gasteiger partial charge in [0.2, 0.25) is 5.91 Å². The average Bonchev–Trinajstić information content (AvgIpc) is 3.36. The molecule has 2 heterocycles. The SMILES string of the molecule is COCc1nc2cc(NC(=O)Cc3ccccc3)cc(C(=O)N(C)Cc3nonc3C)c2n1C. The maximum Gasteiger partial charge on any atom is 0.256 e. The second kappa shape index (κ2) is 9.84. The number of imidazole rings is 1. The van der Waals surface area contributed by atoms with Crippen LogP contribution in [0.5, 0.6) is 0 Å². The van der Waals surface area contributed by atoms with Crippen molar-refractivity contribution < 1.29 is 19.0 Å². The largest absolute Gasteiger partial charge is 0.377 e. The molecule has 0 spiro atoms. The monoisotopic (exact) mass is 462 g/mol. The number of aromatic nitrogens is 4. The van der Waals surface area contributed by atoms with E-state index in [1.54, 1.807) is 33.2 Å². The summed E-state index contributed by atoms with van der Waals surface area (Å²) in [5.41, 5.74) is 4.23. The molecular weight excluding hydrogens is 436 g/mol. The first-order valence-electron chi connectivity index (χ1n) is 10.7. The number of nitrogens with zero attached hydrogens (tertiary/aromatic N) is 5. The molecule has 0 fully saturated rings. The number of ether oxygens (including phenoxy) is 1. The lowest BCUT2D eigenvalue weighted by molar-refractivity contribution is -0.115. The Morgan fingerprint density at radius 1 is 1.18 bits per heavy atom. The van der Waals surface area contributed by atoms with Crippen LogP contribution in [0, 0.1) is 6.92 Å². The minimum atomic E-state index is -0.251. The Balaban J connectivity index is 1.68. The zero-order valence-electron chi connectivity index (χ0n) is 19.5. The van der Waals surface area contributed by atoms with Crippen LogP contribution in [0.3, 0.4) is 0 Å². The van der Waals surface area contributed by atoms with Crippen LogP contribution in [-0.4, -0.2) is 50.7 Å². The van der Waals surface area contributed by atoms with E-state index in [4.69, 9.17) is 9.37 Å². The summed E-state index contributed by atoms with van der Waals surface area (Å²) in [6.07, 6.45) is 0.220. The van der Waals surface area contributed by atoms with E-state index in [1.165, 1.54) is 4.90 Å². The maximum atomic E-state index is 13.5. The van der Waals surface area contributed by atoms with E-state index < -0.39 is 0 Å². The summed E-state index contributed by atoms with van der Waals surface area (Å²) >= 11 is 0. The molecule has 0 radical (unpaired) electrons. The molecule has 0 unspecified atom stereocenters. The van der Waals surface area contributed by atoms with Crippen LogP contribution in [0.15, 0.2) is 47.1 Å². The first-order chi connectivity index (χ1) is 16.4. The number of hydrogen-bond donors (Lipinski definition) is 1. The number of rotatable bonds is 8. The fourth-order valence-electron chi connectivity index (χ4n) is 3.77. The summed E-state index contributed by atoms with van der Waals surface area (Å²) in [6, 6.07) is 12.9. The molecule has 4 rings (SSSR count). The summed E-state index contributed by atoms with van der Waals surface area (Å²) in [5.74, 6) is 0.228. The maximum absolute atomic E-state index is 13.5. The summed E-state index contributed by atoms with van der Waals surface area (Å²) in [7, 11) is 5.10. The van der Waals surface area contributed by atoms with Crippen molar-refractivity contribution in [3.05, 3.63) is 70.8 Å². The van der Waals surface area contributed by atoms with E-state index in [2.05, 4.69) is 20.6 Å². The topological polar surface area (TPSA) is 115 Å². The summed E-state index contributed by atoms with van der Waals surface area (Å²) in [4.78, 5) is 32.3. The molecule has 1 N–H and O–H groups in total. The van der Waals surface area contributed by atoms with Gasteiger partial charge in [-0.1, -0.05) is 40.6 Å². The molecule has 2 aromatic carbocycles. The van der Waals surface area contributed by atoms with E-state index >= 15 is 0 Å². The molecule has 0 aliphatic rings. The zero-order chi connectivity index (χ0) is 24.2. The number of aryl methyl sites for hydroxylation is 2. The van der Waals surface area contributed by atoms with Gasteiger partial charge in [-0.3, -0.25) is 9.59 Å². The van der Waals surface area contributed by atoms with Crippen LogP contribution in [0.2, 0.25) is 0 Å². The second-order valence-corrected chi connectivity index (χ2v) is 8.08. The van der Waals surface area contributed by atoms with Gasteiger partial charge in [0.15, 0.2) is 0 Å². The molecule has 2 amide bonds. The second-order valence-electron chi connectivity index (χ2n) is 8.08. The Kier molecular flexibility index (Phi) is 6.69. The number of amides is 2. The van der Waals surface area contributed by atoms with Gasteiger partial charge in [0.05, 0.1) is 29.6 Å². The molecule has 176 valence electrons. The molecular formula is C24H26N6O4. The Labute approximate surface area is 196 Å². The predicted octanol–water partition coefficient (Wildman–Crippen LogP) is 2.86. The minimum absolute atomic E-state index is 0.186. The van der Waals surface area contributed by atoms with E-state index in [0.717, 1.165) is 5.56 Å². The number of carbonyl (C=O) groups is 2. The predicted molar refractivity (Wildman–Crippen MR) is 125 cm³/mol. The third-order valence-electron chi connectivity index (χ3n) is 5.54. The summed E-state index contributed by atoms with van der Waals surface area (Å²) in [5, 5.41) is 10.5. The first-order valence-corrected chi connectivity index (χ1v) is 10.7. The minimum Gasteiger partial charge on any atom is -0.377 e. The molecule has 0 atom stereocenters. The number of methoxy groups -OCH3 is 1. The zero-order valence-corrected chi connectivity index (χ0v) is 19.5. The summed E-state index contributed by atoms with van der Waals surface area (Å²) in [6.45, 7) is 2.28. The smallest absolute Gasteiger partial charge is 0.256 e. The first kappa shape index (κ1) is 23.1.